The van der Waals surface area contributed by atoms with Gasteiger partial charge in [0.15, 0.2) is 0 Å². The lowest BCUT2D eigenvalue weighted by Gasteiger charge is -2.11. The van der Waals surface area contributed by atoms with E-state index in [1.807, 2.05) is 0 Å². The van der Waals surface area contributed by atoms with Crippen LogP contribution in [-0.2, 0) is 9.53 Å². The highest BCUT2D eigenvalue weighted by atomic mass is 35.5. The molecule has 0 saturated carbocycles. The molecule has 28 heavy (non-hydrogen) atoms. The van der Waals surface area contributed by atoms with Crippen LogP contribution < -0.4 is 11.5 Å². The number of ether oxygens (including phenoxy) is 1. The summed E-state index contributed by atoms with van der Waals surface area (Å²) in [4.78, 5) is 11.7. The van der Waals surface area contributed by atoms with E-state index in [2.05, 4.69) is 6.92 Å². The number of hydrogen-bond acceptors (Lipinski definition) is 4. The van der Waals surface area contributed by atoms with E-state index in [9.17, 15) is 4.79 Å². The summed E-state index contributed by atoms with van der Waals surface area (Å²) in [6, 6.07) is -0.479. The predicted molar refractivity (Wildman–Crippen MR) is 127 cm³/mol. The second-order valence-electron chi connectivity index (χ2n) is 7.65. The molecule has 0 aromatic heterocycles. The van der Waals surface area contributed by atoms with Crippen molar-refractivity contribution in [3.63, 3.8) is 0 Å². The predicted octanol–water partition coefficient (Wildman–Crippen LogP) is 6.31. The van der Waals surface area contributed by atoms with Gasteiger partial charge < -0.3 is 16.2 Å². The molecule has 0 unspecified atom stereocenters. The van der Waals surface area contributed by atoms with Gasteiger partial charge >= 0.3 is 5.97 Å². The molecule has 6 heteroatoms. The normalized spacial score (nSPS) is 11.4. The Morgan fingerprint density at radius 3 is 1.57 bits per heavy atom. The van der Waals surface area contributed by atoms with Gasteiger partial charge in [-0.3, -0.25) is 4.79 Å². The highest BCUT2D eigenvalue weighted by molar-refractivity contribution is 5.85. The molecule has 1 atom stereocenters. The third-order valence-electron chi connectivity index (χ3n) is 5.01. The van der Waals surface area contributed by atoms with Crippen molar-refractivity contribution in [2.24, 2.45) is 11.5 Å². The van der Waals surface area contributed by atoms with Gasteiger partial charge in [-0.25, -0.2) is 0 Å². The summed E-state index contributed by atoms with van der Waals surface area (Å²) in [5, 5.41) is 0. The van der Waals surface area contributed by atoms with Crippen molar-refractivity contribution in [2.45, 2.75) is 122 Å². The number of unbranched alkanes of at least 4 members (excludes halogenated alkanes) is 14. The summed E-state index contributed by atoms with van der Waals surface area (Å²) in [5.41, 5.74) is 11.2. The topological polar surface area (TPSA) is 78.3 Å². The van der Waals surface area contributed by atoms with Crippen LogP contribution in [0.1, 0.15) is 116 Å². The molecule has 0 aromatic carbocycles. The van der Waals surface area contributed by atoms with E-state index in [1.165, 1.54) is 77.0 Å². The Balaban J connectivity index is -0.00000312. The summed E-state index contributed by atoms with van der Waals surface area (Å²) in [7, 11) is 0. The number of nitrogens with two attached hydrogens (primary N) is 2. The van der Waals surface area contributed by atoms with Crippen LogP contribution in [0.15, 0.2) is 0 Å². The molecule has 0 rings (SSSR count). The molecule has 0 aromatic rings. The van der Waals surface area contributed by atoms with Crippen LogP contribution in [0.2, 0.25) is 0 Å². The maximum Gasteiger partial charge on any atom is 0.322 e. The number of carbonyl (C=O) groups is 1. The van der Waals surface area contributed by atoms with Gasteiger partial charge in [-0.05, 0) is 25.8 Å². The van der Waals surface area contributed by atoms with Crippen LogP contribution in [-0.4, -0.2) is 25.2 Å². The van der Waals surface area contributed by atoms with Crippen molar-refractivity contribution >= 4 is 30.8 Å². The summed E-state index contributed by atoms with van der Waals surface area (Å²) in [5.74, 6) is -0.253. The van der Waals surface area contributed by atoms with Gasteiger partial charge in [0.1, 0.15) is 6.04 Å². The zero-order valence-corrected chi connectivity index (χ0v) is 19.9. The van der Waals surface area contributed by atoms with Crippen LogP contribution in [0.3, 0.4) is 0 Å². The van der Waals surface area contributed by atoms with E-state index in [4.69, 9.17) is 16.2 Å². The van der Waals surface area contributed by atoms with Gasteiger partial charge in [0.05, 0.1) is 6.61 Å². The lowest BCUT2D eigenvalue weighted by Crippen LogP contribution is -2.32. The number of rotatable bonds is 20. The maximum absolute atomic E-state index is 11.7. The lowest BCUT2D eigenvalue weighted by atomic mass is 10.0. The third-order valence-corrected chi connectivity index (χ3v) is 5.01. The molecule has 172 valence electrons. The molecule has 0 spiro atoms. The van der Waals surface area contributed by atoms with Crippen molar-refractivity contribution in [2.75, 3.05) is 13.2 Å². The van der Waals surface area contributed by atoms with E-state index in [1.54, 1.807) is 0 Å². The van der Waals surface area contributed by atoms with Gasteiger partial charge in [0, 0.05) is 0 Å². The van der Waals surface area contributed by atoms with Crippen molar-refractivity contribution < 1.29 is 9.53 Å². The Labute approximate surface area is 187 Å². The smallest absolute Gasteiger partial charge is 0.322 e. The van der Waals surface area contributed by atoms with Crippen molar-refractivity contribution in [3.8, 4) is 0 Å². The molecule has 0 bridgehead atoms. The van der Waals surface area contributed by atoms with Gasteiger partial charge in [-0.15, -0.1) is 24.8 Å². The molecular weight excluding hydrogens is 395 g/mol. The number of carbonyl (C=O) groups excluding carboxylic acids is 1. The van der Waals surface area contributed by atoms with Gasteiger partial charge in [0.2, 0.25) is 0 Å². The Bertz CT molecular complexity index is 308. The summed E-state index contributed by atoms with van der Waals surface area (Å²) in [6.07, 6.45) is 21.1. The Hall–Kier alpha value is -0.0300. The second-order valence-corrected chi connectivity index (χ2v) is 7.65. The zero-order chi connectivity index (χ0) is 19.3. The van der Waals surface area contributed by atoms with Crippen molar-refractivity contribution in [3.05, 3.63) is 0 Å². The Morgan fingerprint density at radius 1 is 0.714 bits per heavy atom. The van der Waals surface area contributed by atoms with Crippen LogP contribution in [0.25, 0.3) is 0 Å². The molecule has 4 N–H and O–H groups in total. The third kappa shape index (κ3) is 24.0. The van der Waals surface area contributed by atoms with E-state index >= 15 is 0 Å². The molecule has 0 saturated heterocycles. The van der Waals surface area contributed by atoms with E-state index < -0.39 is 6.04 Å². The van der Waals surface area contributed by atoms with Gasteiger partial charge in [-0.2, -0.15) is 0 Å². The average Bonchev–Trinajstić information content (AvgIpc) is 2.64. The Morgan fingerprint density at radius 2 is 1.14 bits per heavy atom. The molecule has 0 fully saturated rings. The van der Waals surface area contributed by atoms with Crippen molar-refractivity contribution in [1.82, 2.24) is 0 Å². The van der Waals surface area contributed by atoms with Gasteiger partial charge in [-0.1, -0.05) is 96.8 Å². The minimum absolute atomic E-state index is 0. The number of esters is 1. The Kier molecular flexibility index (Phi) is 31.4. The highest BCUT2D eigenvalue weighted by Gasteiger charge is 2.13. The molecule has 0 aliphatic carbocycles. The highest BCUT2D eigenvalue weighted by Crippen LogP contribution is 2.13. The molecule has 0 radical (unpaired) electrons. The molecule has 0 aliphatic heterocycles. The van der Waals surface area contributed by atoms with E-state index in [0.717, 1.165) is 25.7 Å². The van der Waals surface area contributed by atoms with Crippen LogP contribution in [0, 0.1) is 0 Å². The summed E-state index contributed by atoms with van der Waals surface area (Å²) >= 11 is 0. The van der Waals surface area contributed by atoms with Crippen molar-refractivity contribution in [1.29, 1.82) is 0 Å². The second kappa shape index (κ2) is 27.0. The molecule has 0 aliphatic rings. The minimum atomic E-state index is -0.479. The zero-order valence-electron chi connectivity index (χ0n) is 18.3. The van der Waals surface area contributed by atoms with Gasteiger partial charge in [0.25, 0.3) is 0 Å². The first kappa shape index (κ1) is 32.6. The standard InChI is InChI=1S/C22H46N2O2.2ClH/c1-2-3-4-5-6-7-8-9-10-11-12-13-14-17-20-26-22(25)21(24)18-15-16-19-23;;/h21H,2-20,23-24H2,1H3;2*1H/t21-;;/m0../s1. The quantitative estimate of drug-likeness (QED) is 0.171. The van der Waals surface area contributed by atoms with Crippen LogP contribution >= 0.6 is 24.8 Å². The number of hydrogen-bond donors (Lipinski definition) is 2. The fraction of sp³-hybridized carbons (Fsp3) is 0.955. The number of halogens is 2. The summed E-state index contributed by atoms with van der Waals surface area (Å²) in [6.45, 7) is 3.44. The first-order valence-corrected chi connectivity index (χ1v) is 11.3. The largest absolute Gasteiger partial charge is 0.465 e. The SMILES string of the molecule is CCCCCCCCCCCCCCCCOC(=O)[C@@H](N)CCCCN.Cl.Cl. The first-order valence-electron chi connectivity index (χ1n) is 11.3. The van der Waals surface area contributed by atoms with E-state index in [-0.39, 0.29) is 30.8 Å². The average molecular weight is 444 g/mol. The first-order chi connectivity index (χ1) is 12.7. The van der Waals surface area contributed by atoms with Crippen LogP contribution in [0.5, 0.6) is 0 Å². The maximum atomic E-state index is 11.7. The fourth-order valence-electron chi connectivity index (χ4n) is 3.20. The molecule has 4 nitrogen and oxygen atoms in total. The molecule has 0 heterocycles. The monoisotopic (exact) mass is 442 g/mol. The van der Waals surface area contributed by atoms with E-state index in [0.29, 0.717) is 19.6 Å². The summed E-state index contributed by atoms with van der Waals surface area (Å²) < 4.78 is 5.25. The molecular formula is C22H48Cl2N2O2. The lowest BCUT2D eigenvalue weighted by molar-refractivity contribution is -0.145. The molecule has 0 amide bonds. The van der Waals surface area contributed by atoms with Crippen LogP contribution in [0.4, 0.5) is 0 Å². The minimum Gasteiger partial charge on any atom is -0.465 e. The fourth-order valence-corrected chi connectivity index (χ4v) is 3.20.